The number of hydrogen-bond acceptors (Lipinski definition) is 5. The summed E-state index contributed by atoms with van der Waals surface area (Å²) < 4.78 is 5.38. The van der Waals surface area contributed by atoms with Gasteiger partial charge in [0, 0.05) is 24.2 Å². The number of anilines is 1. The standard InChI is InChI=1S/C13H19N3OS/c1-3-14-13-15-8-12(18-13)10-16(4-2)9-11-6-5-7-17-11/h5-8H,3-4,9-10H2,1-2H3,(H,14,15). The summed E-state index contributed by atoms with van der Waals surface area (Å²) in [5.41, 5.74) is 0. The van der Waals surface area contributed by atoms with E-state index in [2.05, 4.69) is 29.0 Å². The Morgan fingerprint density at radius 2 is 2.28 bits per heavy atom. The molecule has 0 aliphatic carbocycles. The Kier molecular flexibility index (Phi) is 4.78. The molecule has 0 bridgehead atoms. The first kappa shape index (κ1) is 13.1. The molecule has 98 valence electrons. The highest BCUT2D eigenvalue weighted by molar-refractivity contribution is 7.15. The number of thiazole rings is 1. The smallest absolute Gasteiger partial charge is 0.182 e. The average Bonchev–Trinajstić information content (AvgIpc) is 3.01. The summed E-state index contributed by atoms with van der Waals surface area (Å²) in [5.74, 6) is 1.01. The maximum atomic E-state index is 5.38. The maximum Gasteiger partial charge on any atom is 0.182 e. The Hall–Kier alpha value is -1.33. The van der Waals surface area contributed by atoms with Crippen LogP contribution in [0.5, 0.6) is 0 Å². The molecule has 5 heteroatoms. The van der Waals surface area contributed by atoms with Crippen LogP contribution in [-0.4, -0.2) is 23.0 Å². The summed E-state index contributed by atoms with van der Waals surface area (Å²) in [6.45, 7) is 7.91. The Morgan fingerprint density at radius 3 is 2.94 bits per heavy atom. The van der Waals surface area contributed by atoms with Gasteiger partial charge in [-0.25, -0.2) is 4.98 Å². The first-order chi connectivity index (χ1) is 8.81. The molecular formula is C13H19N3OS. The fraction of sp³-hybridized carbons (Fsp3) is 0.462. The summed E-state index contributed by atoms with van der Waals surface area (Å²) in [5, 5.41) is 4.24. The van der Waals surface area contributed by atoms with Crippen molar-refractivity contribution >= 4 is 16.5 Å². The Bertz CT molecular complexity index is 453. The van der Waals surface area contributed by atoms with Crippen LogP contribution in [-0.2, 0) is 13.1 Å². The first-order valence-electron chi connectivity index (χ1n) is 6.25. The van der Waals surface area contributed by atoms with Gasteiger partial charge in [-0.3, -0.25) is 4.90 Å². The molecule has 2 heterocycles. The van der Waals surface area contributed by atoms with E-state index in [1.807, 2.05) is 18.3 Å². The topological polar surface area (TPSA) is 41.3 Å². The SMILES string of the molecule is CCNc1ncc(CN(CC)Cc2ccco2)s1. The van der Waals surface area contributed by atoms with Crippen molar-refractivity contribution in [1.82, 2.24) is 9.88 Å². The molecular weight excluding hydrogens is 246 g/mol. The Labute approximate surface area is 112 Å². The molecule has 0 aliphatic heterocycles. The number of aromatic nitrogens is 1. The molecule has 0 amide bonds. The number of hydrogen-bond donors (Lipinski definition) is 1. The van der Waals surface area contributed by atoms with E-state index in [-0.39, 0.29) is 0 Å². The lowest BCUT2D eigenvalue weighted by molar-refractivity contribution is 0.249. The van der Waals surface area contributed by atoms with Crippen LogP contribution in [0.15, 0.2) is 29.0 Å². The normalized spacial score (nSPS) is 11.1. The number of rotatable bonds is 7. The molecule has 0 saturated heterocycles. The molecule has 0 unspecified atom stereocenters. The molecule has 0 fully saturated rings. The van der Waals surface area contributed by atoms with E-state index >= 15 is 0 Å². The summed E-state index contributed by atoms with van der Waals surface area (Å²) in [7, 11) is 0. The van der Waals surface area contributed by atoms with Crippen LogP contribution in [0.4, 0.5) is 5.13 Å². The van der Waals surface area contributed by atoms with Gasteiger partial charge in [0.05, 0.1) is 12.8 Å². The number of nitrogens with zero attached hydrogens (tertiary/aromatic N) is 2. The maximum absolute atomic E-state index is 5.38. The van der Waals surface area contributed by atoms with Crippen LogP contribution in [0.1, 0.15) is 24.5 Å². The van der Waals surface area contributed by atoms with E-state index in [1.54, 1.807) is 17.6 Å². The van der Waals surface area contributed by atoms with Crippen LogP contribution in [0.3, 0.4) is 0 Å². The fourth-order valence-electron chi connectivity index (χ4n) is 1.74. The molecule has 1 N–H and O–H groups in total. The van der Waals surface area contributed by atoms with Crippen molar-refractivity contribution in [3.8, 4) is 0 Å². The molecule has 2 rings (SSSR count). The second-order valence-electron chi connectivity index (χ2n) is 4.04. The molecule has 0 saturated carbocycles. The van der Waals surface area contributed by atoms with Gasteiger partial charge in [0.25, 0.3) is 0 Å². The molecule has 0 aromatic carbocycles. The van der Waals surface area contributed by atoms with Gasteiger partial charge < -0.3 is 9.73 Å². The molecule has 0 atom stereocenters. The highest BCUT2D eigenvalue weighted by Gasteiger charge is 2.09. The van der Waals surface area contributed by atoms with E-state index in [4.69, 9.17) is 4.42 Å². The highest BCUT2D eigenvalue weighted by atomic mass is 32.1. The van der Waals surface area contributed by atoms with Crippen LogP contribution in [0, 0.1) is 0 Å². The minimum atomic E-state index is 0.845. The van der Waals surface area contributed by atoms with E-state index in [0.717, 1.165) is 37.1 Å². The molecule has 0 spiro atoms. The zero-order chi connectivity index (χ0) is 12.8. The van der Waals surface area contributed by atoms with Gasteiger partial charge in [-0.05, 0) is 25.6 Å². The predicted molar refractivity (Wildman–Crippen MR) is 74.8 cm³/mol. The fourth-order valence-corrected chi connectivity index (χ4v) is 2.66. The zero-order valence-corrected chi connectivity index (χ0v) is 11.7. The van der Waals surface area contributed by atoms with Crippen molar-refractivity contribution in [3.05, 3.63) is 35.2 Å². The summed E-state index contributed by atoms with van der Waals surface area (Å²) in [4.78, 5) is 7.96. The van der Waals surface area contributed by atoms with Crippen molar-refractivity contribution in [1.29, 1.82) is 0 Å². The van der Waals surface area contributed by atoms with Crippen LogP contribution >= 0.6 is 11.3 Å². The summed E-state index contributed by atoms with van der Waals surface area (Å²) in [6, 6.07) is 3.94. The second kappa shape index (κ2) is 6.56. The van der Waals surface area contributed by atoms with Gasteiger partial charge in [-0.2, -0.15) is 0 Å². The van der Waals surface area contributed by atoms with Gasteiger partial charge in [-0.15, -0.1) is 11.3 Å². The lowest BCUT2D eigenvalue weighted by atomic mass is 10.3. The summed E-state index contributed by atoms with van der Waals surface area (Å²) in [6.07, 6.45) is 3.67. The third-order valence-corrected chi connectivity index (χ3v) is 3.61. The van der Waals surface area contributed by atoms with Gasteiger partial charge in [0.2, 0.25) is 0 Å². The van der Waals surface area contributed by atoms with Gasteiger partial charge in [0.15, 0.2) is 5.13 Å². The van der Waals surface area contributed by atoms with E-state index in [9.17, 15) is 0 Å². The Morgan fingerprint density at radius 1 is 1.39 bits per heavy atom. The molecule has 0 radical (unpaired) electrons. The van der Waals surface area contributed by atoms with Gasteiger partial charge >= 0.3 is 0 Å². The lowest BCUT2D eigenvalue weighted by Gasteiger charge is -2.17. The van der Waals surface area contributed by atoms with Crippen LogP contribution in [0.2, 0.25) is 0 Å². The van der Waals surface area contributed by atoms with Crippen molar-refractivity contribution < 1.29 is 4.42 Å². The van der Waals surface area contributed by atoms with Gasteiger partial charge in [-0.1, -0.05) is 6.92 Å². The monoisotopic (exact) mass is 265 g/mol. The largest absolute Gasteiger partial charge is 0.468 e. The third-order valence-electron chi connectivity index (χ3n) is 2.67. The van der Waals surface area contributed by atoms with Gasteiger partial charge in [0.1, 0.15) is 5.76 Å². The average molecular weight is 265 g/mol. The van der Waals surface area contributed by atoms with Crippen molar-refractivity contribution in [3.63, 3.8) is 0 Å². The van der Waals surface area contributed by atoms with Crippen molar-refractivity contribution in [2.24, 2.45) is 0 Å². The lowest BCUT2D eigenvalue weighted by Crippen LogP contribution is -2.21. The van der Waals surface area contributed by atoms with E-state index in [0.29, 0.717) is 0 Å². The minimum absolute atomic E-state index is 0.845. The minimum Gasteiger partial charge on any atom is -0.468 e. The molecule has 2 aromatic rings. The zero-order valence-electron chi connectivity index (χ0n) is 10.8. The van der Waals surface area contributed by atoms with Crippen molar-refractivity contribution in [2.45, 2.75) is 26.9 Å². The predicted octanol–water partition coefficient (Wildman–Crippen LogP) is 3.19. The first-order valence-corrected chi connectivity index (χ1v) is 7.06. The van der Waals surface area contributed by atoms with Crippen LogP contribution < -0.4 is 5.32 Å². The Balaban J connectivity index is 1.92. The quantitative estimate of drug-likeness (QED) is 0.834. The molecule has 18 heavy (non-hydrogen) atoms. The molecule has 4 nitrogen and oxygen atoms in total. The van der Waals surface area contributed by atoms with E-state index < -0.39 is 0 Å². The number of furan rings is 1. The summed E-state index contributed by atoms with van der Waals surface area (Å²) >= 11 is 1.72. The second-order valence-corrected chi connectivity index (χ2v) is 5.16. The van der Waals surface area contributed by atoms with Crippen LogP contribution in [0.25, 0.3) is 0 Å². The molecule has 2 aromatic heterocycles. The number of nitrogens with one attached hydrogen (secondary N) is 1. The third kappa shape index (κ3) is 3.58. The van der Waals surface area contributed by atoms with E-state index in [1.165, 1.54) is 4.88 Å². The molecule has 0 aliphatic rings. The van der Waals surface area contributed by atoms with Crippen molar-refractivity contribution in [2.75, 3.05) is 18.4 Å². The highest BCUT2D eigenvalue weighted by Crippen LogP contribution is 2.20.